The summed E-state index contributed by atoms with van der Waals surface area (Å²) in [6, 6.07) is 4.62. The Kier molecular flexibility index (Phi) is 4.11. The predicted molar refractivity (Wildman–Crippen MR) is 73.5 cm³/mol. The predicted octanol–water partition coefficient (Wildman–Crippen LogP) is 3.78. The van der Waals surface area contributed by atoms with Crippen LogP contribution in [-0.4, -0.2) is 0 Å². The van der Waals surface area contributed by atoms with Crippen LogP contribution < -0.4 is 11.3 Å². The van der Waals surface area contributed by atoms with E-state index in [1.807, 2.05) is 6.92 Å². The summed E-state index contributed by atoms with van der Waals surface area (Å²) in [4.78, 5) is 0. The first-order valence-electron chi connectivity index (χ1n) is 6.46. The Morgan fingerprint density at radius 2 is 1.71 bits per heavy atom. The number of benzene rings is 1. The highest BCUT2D eigenvalue weighted by molar-refractivity contribution is 5.44. The molecule has 1 heterocycles. The molecule has 1 atom stereocenters. The molecular formula is C15H17F3N2O. The van der Waals surface area contributed by atoms with E-state index in [-0.39, 0.29) is 5.56 Å². The first-order chi connectivity index (χ1) is 9.77. The Bertz CT molecular complexity index is 647. The largest absolute Gasteiger partial charge is 0.466 e. The molecule has 2 aromatic rings. The van der Waals surface area contributed by atoms with Crippen molar-refractivity contribution < 1.29 is 17.6 Å². The van der Waals surface area contributed by atoms with Crippen molar-refractivity contribution in [3.8, 4) is 0 Å². The number of hydrogen-bond acceptors (Lipinski definition) is 3. The monoisotopic (exact) mass is 298 g/mol. The molecule has 3 nitrogen and oxygen atoms in total. The maximum Gasteiger partial charge on any atom is 0.416 e. The fraction of sp³-hybridized carbons (Fsp3) is 0.333. The Labute approximate surface area is 120 Å². The number of hydrazine groups is 1. The molecule has 2 rings (SSSR count). The van der Waals surface area contributed by atoms with Gasteiger partial charge in [-0.05, 0) is 38.0 Å². The van der Waals surface area contributed by atoms with Crippen molar-refractivity contribution in [1.29, 1.82) is 0 Å². The van der Waals surface area contributed by atoms with Gasteiger partial charge >= 0.3 is 6.18 Å². The first kappa shape index (κ1) is 15.6. The minimum atomic E-state index is -4.44. The molecule has 1 aromatic carbocycles. The van der Waals surface area contributed by atoms with E-state index >= 15 is 0 Å². The average Bonchev–Trinajstić information content (AvgIpc) is 2.66. The molecule has 0 aliphatic heterocycles. The molecular weight excluding hydrogens is 281 g/mol. The van der Waals surface area contributed by atoms with Gasteiger partial charge in [-0.1, -0.05) is 18.2 Å². The zero-order valence-electron chi connectivity index (χ0n) is 12.0. The molecule has 0 bridgehead atoms. The van der Waals surface area contributed by atoms with E-state index in [1.54, 1.807) is 19.9 Å². The van der Waals surface area contributed by atoms with Crippen molar-refractivity contribution >= 4 is 0 Å². The maximum atomic E-state index is 13.2. The smallest absolute Gasteiger partial charge is 0.416 e. The van der Waals surface area contributed by atoms with Gasteiger partial charge in [-0.15, -0.1) is 0 Å². The van der Waals surface area contributed by atoms with Gasteiger partial charge < -0.3 is 4.42 Å². The van der Waals surface area contributed by atoms with Crippen molar-refractivity contribution in [2.24, 2.45) is 5.84 Å². The van der Waals surface area contributed by atoms with Crippen LogP contribution in [0.1, 0.15) is 39.8 Å². The molecule has 6 heteroatoms. The van der Waals surface area contributed by atoms with Crippen LogP contribution in [0.4, 0.5) is 13.2 Å². The van der Waals surface area contributed by atoms with Crippen molar-refractivity contribution in [2.45, 2.75) is 33.0 Å². The minimum absolute atomic E-state index is 0.0829. The third-order valence-electron chi connectivity index (χ3n) is 3.65. The van der Waals surface area contributed by atoms with E-state index in [0.29, 0.717) is 17.1 Å². The van der Waals surface area contributed by atoms with Crippen LogP contribution in [0.15, 0.2) is 28.7 Å². The highest BCUT2D eigenvalue weighted by Gasteiger charge is 2.36. The molecule has 1 aromatic heterocycles. The molecule has 0 saturated carbocycles. The fourth-order valence-corrected chi connectivity index (χ4v) is 2.57. The summed E-state index contributed by atoms with van der Waals surface area (Å²) in [6.45, 7) is 5.30. The Hall–Kier alpha value is -1.79. The van der Waals surface area contributed by atoms with E-state index in [2.05, 4.69) is 5.43 Å². The third kappa shape index (κ3) is 2.82. The Morgan fingerprint density at radius 1 is 1.10 bits per heavy atom. The lowest BCUT2D eigenvalue weighted by Crippen LogP contribution is -2.31. The van der Waals surface area contributed by atoms with E-state index < -0.39 is 17.8 Å². The molecule has 0 saturated heterocycles. The number of rotatable bonds is 3. The van der Waals surface area contributed by atoms with Crippen molar-refractivity contribution in [1.82, 2.24) is 5.43 Å². The minimum Gasteiger partial charge on any atom is -0.466 e. The molecule has 0 radical (unpaired) electrons. The lowest BCUT2D eigenvalue weighted by molar-refractivity contribution is -0.138. The van der Waals surface area contributed by atoms with E-state index in [0.717, 1.165) is 11.6 Å². The van der Waals surface area contributed by atoms with Crippen molar-refractivity contribution in [3.05, 3.63) is 58.0 Å². The lowest BCUT2D eigenvalue weighted by atomic mass is 9.92. The molecule has 0 spiro atoms. The van der Waals surface area contributed by atoms with Crippen LogP contribution in [0.5, 0.6) is 0 Å². The van der Waals surface area contributed by atoms with Gasteiger partial charge in [-0.2, -0.15) is 13.2 Å². The molecule has 0 aliphatic carbocycles. The summed E-state index contributed by atoms with van der Waals surface area (Å²) >= 11 is 0. The fourth-order valence-electron chi connectivity index (χ4n) is 2.57. The van der Waals surface area contributed by atoms with Gasteiger partial charge in [0, 0.05) is 5.56 Å². The summed E-state index contributed by atoms with van der Waals surface area (Å²) in [6.07, 6.45) is -4.44. The number of furan rings is 1. The van der Waals surface area contributed by atoms with Gasteiger partial charge in [-0.3, -0.25) is 5.84 Å². The maximum absolute atomic E-state index is 13.2. The second-order valence-electron chi connectivity index (χ2n) is 4.94. The van der Waals surface area contributed by atoms with Gasteiger partial charge in [0.2, 0.25) is 0 Å². The van der Waals surface area contributed by atoms with Crippen LogP contribution in [0.3, 0.4) is 0 Å². The van der Waals surface area contributed by atoms with Crippen molar-refractivity contribution in [3.63, 3.8) is 0 Å². The van der Waals surface area contributed by atoms with Crippen LogP contribution >= 0.6 is 0 Å². The Balaban J connectivity index is 2.63. The van der Waals surface area contributed by atoms with Crippen LogP contribution in [0.2, 0.25) is 0 Å². The number of nitrogens with one attached hydrogen (secondary N) is 1. The number of hydrogen-bond donors (Lipinski definition) is 2. The van der Waals surface area contributed by atoms with Gasteiger partial charge in [0.15, 0.2) is 0 Å². The van der Waals surface area contributed by atoms with Crippen LogP contribution in [-0.2, 0) is 6.18 Å². The second kappa shape index (κ2) is 5.54. The third-order valence-corrected chi connectivity index (χ3v) is 3.65. The zero-order chi connectivity index (χ0) is 15.8. The van der Waals surface area contributed by atoms with Crippen LogP contribution in [0, 0.1) is 20.8 Å². The van der Waals surface area contributed by atoms with Gasteiger partial charge in [0.25, 0.3) is 0 Å². The molecule has 0 aliphatic rings. The van der Waals surface area contributed by atoms with Gasteiger partial charge in [0.05, 0.1) is 11.6 Å². The first-order valence-corrected chi connectivity index (χ1v) is 6.46. The normalized spacial score (nSPS) is 13.5. The summed E-state index contributed by atoms with van der Waals surface area (Å²) in [5, 5.41) is 0. The summed E-state index contributed by atoms with van der Waals surface area (Å²) in [7, 11) is 0. The topological polar surface area (TPSA) is 51.2 Å². The Morgan fingerprint density at radius 3 is 2.19 bits per heavy atom. The number of nitrogens with two attached hydrogens (primary N) is 1. The second-order valence-corrected chi connectivity index (χ2v) is 4.94. The van der Waals surface area contributed by atoms with Gasteiger partial charge in [0.1, 0.15) is 11.5 Å². The molecule has 1 unspecified atom stereocenters. The standard InChI is InChI=1S/C15H17F3N2O/c1-8-9(2)21-10(3)13(8)14(20-19)11-6-4-5-7-12(11)15(16,17)18/h4-7,14,20H,19H2,1-3H3. The summed E-state index contributed by atoms with van der Waals surface area (Å²) in [5.74, 6) is 6.77. The number of alkyl halides is 3. The quantitative estimate of drug-likeness (QED) is 0.670. The summed E-state index contributed by atoms with van der Waals surface area (Å²) < 4.78 is 45.0. The molecule has 3 N–H and O–H groups in total. The van der Waals surface area contributed by atoms with Gasteiger partial charge in [-0.25, -0.2) is 5.43 Å². The van der Waals surface area contributed by atoms with Crippen LogP contribution in [0.25, 0.3) is 0 Å². The zero-order valence-corrected chi connectivity index (χ0v) is 12.0. The van der Waals surface area contributed by atoms with E-state index in [1.165, 1.54) is 12.1 Å². The summed E-state index contributed by atoms with van der Waals surface area (Å²) in [5.41, 5.74) is 3.31. The number of aryl methyl sites for hydroxylation is 2. The highest BCUT2D eigenvalue weighted by atomic mass is 19.4. The molecule has 114 valence electrons. The average molecular weight is 298 g/mol. The SMILES string of the molecule is Cc1oc(C)c(C(NN)c2ccccc2C(F)(F)F)c1C. The number of halogens is 3. The van der Waals surface area contributed by atoms with E-state index in [9.17, 15) is 13.2 Å². The van der Waals surface area contributed by atoms with Crippen molar-refractivity contribution in [2.75, 3.05) is 0 Å². The van der Waals surface area contributed by atoms with E-state index in [4.69, 9.17) is 10.3 Å². The molecule has 0 amide bonds. The highest BCUT2D eigenvalue weighted by Crippen LogP contribution is 2.38. The lowest BCUT2D eigenvalue weighted by Gasteiger charge is -2.21. The molecule has 0 fully saturated rings. The molecule has 21 heavy (non-hydrogen) atoms.